The Balaban J connectivity index is 1.60. The molecule has 1 aromatic heterocycles. The van der Waals surface area contributed by atoms with Gasteiger partial charge in [-0.15, -0.1) is 0 Å². The van der Waals surface area contributed by atoms with Crippen LogP contribution >= 0.6 is 11.3 Å². The number of fused-ring (bicyclic) bond motifs is 1. The van der Waals surface area contributed by atoms with Crippen molar-refractivity contribution in [2.75, 3.05) is 13.1 Å². The largest absolute Gasteiger partial charge is 0.480 e. The number of benzene rings is 2. The van der Waals surface area contributed by atoms with E-state index in [9.17, 15) is 4.79 Å². The van der Waals surface area contributed by atoms with Gasteiger partial charge in [0, 0.05) is 12.6 Å². The van der Waals surface area contributed by atoms with Crippen LogP contribution in [-0.2, 0) is 11.2 Å². The van der Waals surface area contributed by atoms with Crippen LogP contribution in [0.25, 0.3) is 10.2 Å². The predicted octanol–water partition coefficient (Wildman–Crippen LogP) is 4.82. The van der Waals surface area contributed by atoms with Gasteiger partial charge in [-0.3, -0.25) is 9.69 Å². The molecule has 5 nitrogen and oxygen atoms in total. The SMILES string of the molecule is CCC(C)N(CCc1ccc(Oc2nc3ccccc3s2)cc1)CC(=O)O. The number of para-hydroxylation sites is 1. The molecule has 1 heterocycles. The number of rotatable bonds is 9. The van der Waals surface area contributed by atoms with Crippen LogP contribution < -0.4 is 4.74 Å². The molecule has 1 N–H and O–H groups in total. The molecule has 0 fully saturated rings. The van der Waals surface area contributed by atoms with Crippen LogP contribution in [0, 0.1) is 0 Å². The summed E-state index contributed by atoms with van der Waals surface area (Å²) in [6.07, 6.45) is 1.74. The Hall–Kier alpha value is -2.44. The highest BCUT2D eigenvalue weighted by molar-refractivity contribution is 7.20. The maximum Gasteiger partial charge on any atom is 0.317 e. The first-order valence-electron chi connectivity index (χ1n) is 9.13. The summed E-state index contributed by atoms with van der Waals surface area (Å²) in [7, 11) is 0. The van der Waals surface area contributed by atoms with Crippen LogP contribution in [0.1, 0.15) is 25.8 Å². The number of carboxylic acids is 1. The third-order valence-electron chi connectivity index (χ3n) is 4.64. The van der Waals surface area contributed by atoms with Crippen molar-refractivity contribution in [1.82, 2.24) is 9.88 Å². The number of nitrogens with zero attached hydrogens (tertiary/aromatic N) is 2. The Morgan fingerprint density at radius 3 is 2.63 bits per heavy atom. The van der Waals surface area contributed by atoms with Gasteiger partial charge < -0.3 is 9.84 Å². The number of hydrogen-bond acceptors (Lipinski definition) is 5. The van der Waals surface area contributed by atoms with Crippen LogP contribution in [0.3, 0.4) is 0 Å². The topological polar surface area (TPSA) is 62.7 Å². The Labute approximate surface area is 163 Å². The van der Waals surface area contributed by atoms with E-state index in [2.05, 4.69) is 18.8 Å². The van der Waals surface area contributed by atoms with Gasteiger partial charge in [0.15, 0.2) is 0 Å². The summed E-state index contributed by atoms with van der Waals surface area (Å²) in [6, 6.07) is 16.1. The lowest BCUT2D eigenvalue weighted by Gasteiger charge is -2.26. The van der Waals surface area contributed by atoms with E-state index < -0.39 is 5.97 Å². The van der Waals surface area contributed by atoms with E-state index in [1.54, 1.807) is 0 Å². The normalized spacial score (nSPS) is 12.4. The van der Waals surface area contributed by atoms with Gasteiger partial charge >= 0.3 is 5.97 Å². The van der Waals surface area contributed by atoms with Crippen molar-refractivity contribution in [3.8, 4) is 10.9 Å². The average Bonchev–Trinajstić information content (AvgIpc) is 3.07. The maximum absolute atomic E-state index is 11.1. The van der Waals surface area contributed by atoms with Crippen molar-refractivity contribution in [3.05, 3.63) is 54.1 Å². The molecular weight excluding hydrogens is 360 g/mol. The molecule has 0 radical (unpaired) electrons. The van der Waals surface area contributed by atoms with Crippen molar-refractivity contribution in [1.29, 1.82) is 0 Å². The molecule has 6 heteroatoms. The minimum Gasteiger partial charge on any atom is -0.480 e. The van der Waals surface area contributed by atoms with Gasteiger partial charge in [0.2, 0.25) is 0 Å². The van der Waals surface area contributed by atoms with E-state index in [0.29, 0.717) is 5.19 Å². The van der Waals surface area contributed by atoms with Crippen LogP contribution in [0.15, 0.2) is 48.5 Å². The molecule has 0 spiro atoms. The molecule has 0 aliphatic carbocycles. The lowest BCUT2D eigenvalue weighted by Crippen LogP contribution is -2.38. The van der Waals surface area contributed by atoms with Gasteiger partial charge in [0.05, 0.1) is 16.8 Å². The highest BCUT2D eigenvalue weighted by Crippen LogP contribution is 2.31. The second-order valence-corrected chi connectivity index (χ2v) is 7.56. The fraction of sp³-hybridized carbons (Fsp3) is 0.333. The highest BCUT2D eigenvalue weighted by atomic mass is 32.1. The standard InChI is InChI=1S/C21H24N2O3S/c1-3-15(2)23(14-20(24)25)13-12-16-8-10-17(11-9-16)26-21-22-18-6-4-5-7-19(18)27-21/h4-11,15H,3,12-14H2,1-2H3,(H,24,25). The fourth-order valence-electron chi connectivity index (χ4n) is 2.88. The summed E-state index contributed by atoms with van der Waals surface area (Å²) in [6.45, 7) is 4.94. The summed E-state index contributed by atoms with van der Waals surface area (Å²) < 4.78 is 6.98. The van der Waals surface area contributed by atoms with Gasteiger partial charge in [0.25, 0.3) is 5.19 Å². The quantitative estimate of drug-likeness (QED) is 0.573. The summed E-state index contributed by atoms with van der Waals surface area (Å²) in [5.41, 5.74) is 2.10. The molecule has 3 aromatic rings. The van der Waals surface area contributed by atoms with Gasteiger partial charge in [-0.1, -0.05) is 42.5 Å². The summed E-state index contributed by atoms with van der Waals surface area (Å²) >= 11 is 1.53. The average molecular weight is 385 g/mol. The summed E-state index contributed by atoms with van der Waals surface area (Å²) in [5, 5.41) is 9.72. The molecular formula is C21H24N2O3S. The second kappa shape index (κ2) is 8.97. The Kier molecular flexibility index (Phi) is 6.42. The number of aromatic nitrogens is 1. The molecule has 0 saturated heterocycles. The van der Waals surface area contributed by atoms with Crippen molar-refractivity contribution >= 4 is 27.5 Å². The highest BCUT2D eigenvalue weighted by Gasteiger charge is 2.15. The van der Waals surface area contributed by atoms with Crippen molar-refractivity contribution in [3.63, 3.8) is 0 Å². The number of thiazole rings is 1. The lowest BCUT2D eigenvalue weighted by atomic mass is 10.1. The summed E-state index contributed by atoms with van der Waals surface area (Å²) in [4.78, 5) is 17.5. The Morgan fingerprint density at radius 2 is 1.96 bits per heavy atom. The number of hydrogen-bond donors (Lipinski definition) is 1. The molecule has 2 aromatic carbocycles. The minimum absolute atomic E-state index is 0.0772. The minimum atomic E-state index is -0.783. The number of ether oxygens (including phenoxy) is 1. The summed E-state index contributed by atoms with van der Waals surface area (Å²) in [5.74, 6) is -0.0305. The molecule has 142 valence electrons. The third kappa shape index (κ3) is 5.28. The fourth-order valence-corrected chi connectivity index (χ4v) is 3.71. The van der Waals surface area contributed by atoms with Crippen LogP contribution in [0.2, 0.25) is 0 Å². The molecule has 1 atom stereocenters. The van der Waals surface area contributed by atoms with E-state index in [1.165, 1.54) is 11.3 Å². The zero-order chi connectivity index (χ0) is 19.2. The molecule has 27 heavy (non-hydrogen) atoms. The number of carboxylic acid groups (broad SMARTS) is 1. The van der Waals surface area contributed by atoms with E-state index in [0.717, 1.165) is 40.9 Å². The Morgan fingerprint density at radius 1 is 1.22 bits per heavy atom. The van der Waals surface area contributed by atoms with E-state index in [4.69, 9.17) is 9.84 Å². The monoisotopic (exact) mass is 384 g/mol. The number of aliphatic carboxylic acids is 1. The molecule has 0 amide bonds. The van der Waals surface area contributed by atoms with Gasteiger partial charge in [-0.05, 0) is 49.6 Å². The van der Waals surface area contributed by atoms with Gasteiger partial charge in [0.1, 0.15) is 5.75 Å². The first-order valence-corrected chi connectivity index (χ1v) is 9.95. The van der Waals surface area contributed by atoms with Crippen molar-refractivity contribution < 1.29 is 14.6 Å². The molecule has 3 rings (SSSR count). The zero-order valence-electron chi connectivity index (χ0n) is 15.6. The van der Waals surface area contributed by atoms with Crippen LogP contribution in [-0.4, -0.2) is 40.1 Å². The lowest BCUT2D eigenvalue weighted by molar-refractivity contribution is -0.138. The van der Waals surface area contributed by atoms with Gasteiger partial charge in [-0.25, -0.2) is 4.98 Å². The zero-order valence-corrected chi connectivity index (χ0v) is 16.4. The molecule has 0 aliphatic heterocycles. The first kappa shape index (κ1) is 19.3. The first-order chi connectivity index (χ1) is 13.0. The van der Waals surface area contributed by atoms with Gasteiger partial charge in [-0.2, -0.15) is 0 Å². The van der Waals surface area contributed by atoms with E-state index in [-0.39, 0.29) is 12.6 Å². The maximum atomic E-state index is 11.1. The second-order valence-electron chi connectivity index (χ2n) is 6.56. The van der Waals surface area contributed by atoms with E-state index in [1.807, 2.05) is 53.4 Å². The molecule has 1 unspecified atom stereocenters. The predicted molar refractivity (Wildman–Crippen MR) is 109 cm³/mol. The Bertz CT molecular complexity index is 859. The van der Waals surface area contributed by atoms with E-state index >= 15 is 0 Å². The van der Waals surface area contributed by atoms with Crippen LogP contribution in [0.5, 0.6) is 10.9 Å². The molecule has 0 bridgehead atoms. The number of carbonyl (C=O) groups is 1. The third-order valence-corrected chi connectivity index (χ3v) is 5.56. The molecule has 0 saturated carbocycles. The smallest absolute Gasteiger partial charge is 0.317 e. The van der Waals surface area contributed by atoms with Crippen molar-refractivity contribution in [2.24, 2.45) is 0 Å². The van der Waals surface area contributed by atoms with Crippen LogP contribution in [0.4, 0.5) is 0 Å². The molecule has 0 aliphatic rings. The van der Waals surface area contributed by atoms with Crippen molar-refractivity contribution in [2.45, 2.75) is 32.7 Å².